The van der Waals surface area contributed by atoms with E-state index in [0.717, 1.165) is 30.8 Å². The highest BCUT2D eigenvalue weighted by atomic mass is 32.2. The Labute approximate surface area is 131 Å². The maximum absolute atomic E-state index is 11.6. The van der Waals surface area contributed by atoms with Crippen LogP contribution in [0.5, 0.6) is 0 Å². The molecule has 1 N–H and O–H groups in total. The minimum Gasteiger partial charge on any atom is -0.465 e. The number of esters is 1. The van der Waals surface area contributed by atoms with Crippen molar-refractivity contribution >= 4 is 17.7 Å². The third kappa shape index (κ3) is 8.75. The highest BCUT2D eigenvalue weighted by molar-refractivity contribution is 8.00. The lowest BCUT2D eigenvalue weighted by molar-refractivity contribution is -0.140. The Balaban J connectivity index is 2.29. The number of ether oxygens (including phenoxy) is 2. The van der Waals surface area contributed by atoms with E-state index in [4.69, 9.17) is 9.47 Å². The van der Waals surface area contributed by atoms with Crippen LogP contribution in [-0.2, 0) is 20.8 Å². The van der Waals surface area contributed by atoms with Crippen molar-refractivity contribution in [2.24, 2.45) is 0 Å². The number of benzene rings is 1. The third-order valence-electron chi connectivity index (χ3n) is 2.83. The number of rotatable bonds is 11. The summed E-state index contributed by atoms with van der Waals surface area (Å²) in [7, 11) is 1.69. The molecule has 1 aromatic rings. The Morgan fingerprint density at radius 3 is 2.95 bits per heavy atom. The van der Waals surface area contributed by atoms with Gasteiger partial charge >= 0.3 is 5.97 Å². The van der Waals surface area contributed by atoms with Crippen molar-refractivity contribution in [2.75, 3.05) is 32.6 Å². The molecule has 0 spiro atoms. The van der Waals surface area contributed by atoms with Crippen molar-refractivity contribution in [1.82, 2.24) is 5.32 Å². The summed E-state index contributed by atoms with van der Waals surface area (Å²) in [6.45, 7) is 4.95. The molecule has 0 bridgehead atoms. The summed E-state index contributed by atoms with van der Waals surface area (Å²) in [5, 5.41) is 3.30. The van der Waals surface area contributed by atoms with E-state index in [0.29, 0.717) is 19.0 Å². The molecule has 118 valence electrons. The highest BCUT2D eigenvalue weighted by Gasteiger charge is 2.04. The SMILES string of the molecule is CCCCOC(=O)CSc1cccc(CNCCOC)c1. The van der Waals surface area contributed by atoms with E-state index in [1.54, 1.807) is 7.11 Å². The Bertz CT molecular complexity index is 412. The summed E-state index contributed by atoms with van der Waals surface area (Å²) in [4.78, 5) is 12.6. The maximum atomic E-state index is 11.6. The van der Waals surface area contributed by atoms with Crippen molar-refractivity contribution in [2.45, 2.75) is 31.2 Å². The van der Waals surface area contributed by atoms with Crippen LogP contribution in [0.15, 0.2) is 29.2 Å². The van der Waals surface area contributed by atoms with Gasteiger partial charge in [0.25, 0.3) is 0 Å². The van der Waals surface area contributed by atoms with E-state index in [2.05, 4.69) is 24.4 Å². The molecule has 0 aromatic heterocycles. The van der Waals surface area contributed by atoms with Crippen LogP contribution in [0.3, 0.4) is 0 Å². The lowest BCUT2D eigenvalue weighted by atomic mass is 10.2. The van der Waals surface area contributed by atoms with Gasteiger partial charge in [-0.2, -0.15) is 0 Å². The molecule has 21 heavy (non-hydrogen) atoms. The topological polar surface area (TPSA) is 47.6 Å². The van der Waals surface area contributed by atoms with Gasteiger partial charge in [0.2, 0.25) is 0 Å². The van der Waals surface area contributed by atoms with Crippen molar-refractivity contribution in [3.63, 3.8) is 0 Å². The molecule has 5 heteroatoms. The average molecular weight is 311 g/mol. The van der Waals surface area contributed by atoms with Crippen LogP contribution < -0.4 is 5.32 Å². The van der Waals surface area contributed by atoms with E-state index in [9.17, 15) is 4.79 Å². The largest absolute Gasteiger partial charge is 0.465 e. The van der Waals surface area contributed by atoms with Crippen LogP contribution in [0, 0.1) is 0 Å². The van der Waals surface area contributed by atoms with Gasteiger partial charge in [0, 0.05) is 25.1 Å². The van der Waals surface area contributed by atoms with Gasteiger partial charge < -0.3 is 14.8 Å². The predicted octanol–water partition coefficient (Wildman–Crippen LogP) is 2.86. The van der Waals surface area contributed by atoms with Gasteiger partial charge in [-0.25, -0.2) is 0 Å². The van der Waals surface area contributed by atoms with E-state index in [-0.39, 0.29) is 5.97 Å². The van der Waals surface area contributed by atoms with Crippen molar-refractivity contribution in [1.29, 1.82) is 0 Å². The smallest absolute Gasteiger partial charge is 0.316 e. The zero-order valence-electron chi connectivity index (χ0n) is 12.9. The Kier molecular flexibility index (Phi) is 9.95. The molecule has 1 rings (SSSR count). The van der Waals surface area contributed by atoms with Crippen LogP contribution in [0.1, 0.15) is 25.3 Å². The van der Waals surface area contributed by atoms with Crippen LogP contribution in [0.2, 0.25) is 0 Å². The van der Waals surface area contributed by atoms with Gasteiger partial charge in [0.1, 0.15) is 0 Å². The molecule has 0 heterocycles. The minimum atomic E-state index is -0.142. The Morgan fingerprint density at radius 1 is 1.33 bits per heavy atom. The molecule has 4 nitrogen and oxygen atoms in total. The van der Waals surface area contributed by atoms with Gasteiger partial charge in [-0.3, -0.25) is 4.79 Å². The van der Waals surface area contributed by atoms with Crippen molar-refractivity contribution in [3.8, 4) is 0 Å². The van der Waals surface area contributed by atoms with E-state index in [1.807, 2.05) is 12.1 Å². The number of thioether (sulfide) groups is 1. The first-order valence-corrected chi connectivity index (χ1v) is 8.31. The number of carbonyl (C=O) groups is 1. The number of methoxy groups -OCH3 is 1. The van der Waals surface area contributed by atoms with E-state index in [1.165, 1.54) is 17.3 Å². The molecule has 0 amide bonds. The molecule has 0 unspecified atom stereocenters. The molecule has 0 aliphatic heterocycles. The fourth-order valence-corrected chi connectivity index (χ4v) is 2.44. The zero-order valence-corrected chi connectivity index (χ0v) is 13.7. The molecule has 0 aliphatic carbocycles. The highest BCUT2D eigenvalue weighted by Crippen LogP contribution is 2.19. The summed E-state index contributed by atoms with van der Waals surface area (Å²) >= 11 is 1.52. The standard InChI is InChI=1S/C16H25NO3S/c1-3-4-9-20-16(18)13-21-15-7-5-6-14(11-15)12-17-8-10-19-2/h5-7,11,17H,3-4,8-10,12-13H2,1-2H3. The van der Waals surface area contributed by atoms with E-state index >= 15 is 0 Å². The third-order valence-corrected chi connectivity index (χ3v) is 3.80. The van der Waals surface area contributed by atoms with E-state index < -0.39 is 0 Å². The monoisotopic (exact) mass is 311 g/mol. The second kappa shape index (κ2) is 11.6. The molecular weight excluding hydrogens is 286 g/mol. The van der Waals surface area contributed by atoms with Crippen LogP contribution in [-0.4, -0.2) is 38.6 Å². The quantitative estimate of drug-likeness (QED) is 0.387. The van der Waals surface area contributed by atoms with Crippen LogP contribution in [0.4, 0.5) is 0 Å². The minimum absolute atomic E-state index is 0.142. The second-order valence-electron chi connectivity index (χ2n) is 4.68. The Hall–Kier alpha value is -1.04. The molecule has 0 atom stereocenters. The summed E-state index contributed by atoms with van der Waals surface area (Å²) in [6, 6.07) is 8.20. The second-order valence-corrected chi connectivity index (χ2v) is 5.73. The Morgan fingerprint density at radius 2 is 2.19 bits per heavy atom. The van der Waals surface area contributed by atoms with Crippen molar-refractivity contribution in [3.05, 3.63) is 29.8 Å². The number of nitrogens with one attached hydrogen (secondary N) is 1. The fourth-order valence-electron chi connectivity index (χ4n) is 1.67. The summed E-state index contributed by atoms with van der Waals surface area (Å²) in [5.41, 5.74) is 1.20. The fraction of sp³-hybridized carbons (Fsp3) is 0.562. The normalized spacial score (nSPS) is 10.6. The predicted molar refractivity (Wildman–Crippen MR) is 86.6 cm³/mol. The van der Waals surface area contributed by atoms with Gasteiger partial charge in [-0.15, -0.1) is 11.8 Å². The van der Waals surface area contributed by atoms with Crippen LogP contribution in [0.25, 0.3) is 0 Å². The summed E-state index contributed by atoms with van der Waals surface area (Å²) in [5.74, 6) is 0.224. The van der Waals surface area contributed by atoms with Crippen molar-refractivity contribution < 1.29 is 14.3 Å². The molecule has 1 aromatic carbocycles. The van der Waals surface area contributed by atoms with Crippen LogP contribution >= 0.6 is 11.8 Å². The first-order chi connectivity index (χ1) is 10.3. The van der Waals surface area contributed by atoms with Gasteiger partial charge in [0.15, 0.2) is 0 Å². The summed E-state index contributed by atoms with van der Waals surface area (Å²) in [6.07, 6.45) is 1.97. The maximum Gasteiger partial charge on any atom is 0.316 e. The molecular formula is C16H25NO3S. The molecule has 0 fully saturated rings. The number of unbranched alkanes of at least 4 members (excludes halogenated alkanes) is 1. The zero-order chi connectivity index (χ0) is 15.3. The summed E-state index contributed by atoms with van der Waals surface area (Å²) < 4.78 is 10.1. The lowest BCUT2D eigenvalue weighted by Crippen LogP contribution is -2.18. The van der Waals surface area contributed by atoms with Gasteiger partial charge in [-0.05, 0) is 24.1 Å². The number of hydrogen-bond donors (Lipinski definition) is 1. The number of carbonyl (C=O) groups excluding carboxylic acids is 1. The lowest BCUT2D eigenvalue weighted by Gasteiger charge is -2.07. The number of hydrogen-bond acceptors (Lipinski definition) is 5. The molecule has 0 saturated heterocycles. The first-order valence-electron chi connectivity index (χ1n) is 7.33. The van der Waals surface area contributed by atoms with Gasteiger partial charge in [0.05, 0.1) is 19.0 Å². The molecule has 0 saturated carbocycles. The van der Waals surface area contributed by atoms with Gasteiger partial charge in [-0.1, -0.05) is 25.5 Å². The average Bonchev–Trinajstić information content (AvgIpc) is 2.50. The first kappa shape index (κ1) is 18.0. The molecule has 0 radical (unpaired) electrons. The molecule has 0 aliphatic rings.